The van der Waals surface area contributed by atoms with E-state index in [2.05, 4.69) is 45.2 Å². The zero-order valence-corrected chi connectivity index (χ0v) is 14.1. The lowest BCUT2D eigenvalue weighted by molar-refractivity contribution is -0.479. The molecule has 8 heteroatoms. The SMILES string of the molecule is CC(C)(CC(I)C[N+](=O)[O-])CC(I)C[N+](=O)[O-]. The lowest BCUT2D eigenvalue weighted by Crippen LogP contribution is -2.27. The maximum atomic E-state index is 10.4. The molecular weight excluding hydrogens is 454 g/mol. The number of nitrogens with zero attached hydrogens (tertiary/aromatic N) is 2. The van der Waals surface area contributed by atoms with Gasteiger partial charge in [-0.25, -0.2) is 0 Å². The minimum Gasteiger partial charge on any atom is -0.265 e. The number of nitro groups is 2. The van der Waals surface area contributed by atoms with Crippen LogP contribution in [0.25, 0.3) is 0 Å². The van der Waals surface area contributed by atoms with Crippen molar-refractivity contribution in [3.8, 4) is 0 Å². The van der Waals surface area contributed by atoms with Gasteiger partial charge in [0.25, 0.3) is 0 Å². The van der Waals surface area contributed by atoms with Gasteiger partial charge in [0.05, 0.1) is 7.85 Å². The molecule has 0 aliphatic heterocycles. The maximum Gasteiger partial charge on any atom is 0.215 e. The van der Waals surface area contributed by atoms with Crippen LogP contribution >= 0.6 is 45.2 Å². The van der Waals surface area contributed by atoms with Gasteiger partial charge >= 0.3 is 0 Å². The van der Waals surface area contributed by atoms with E-state index in [-0.39, 0.29) is 36.2 Å². The summed E-state index contributed by atoms with van der Waals surface area (Å²) in [6, 6.07) is 0. The molecule has 0 amide bonds. The molecule has 0 radical (unpaired) electrons. The minimum atomic E-state index is -0.314. The van der Waals surface area contributed by atoms with Gasteiger partial charge in [0.1, 0.15) is 0 Å². The first-order chi connectivity index (χ1) is 7.62. The fourth-order valence-electron chi connectivity index (χ4n) is 1.74. The second kappa shape index (κ2) is 7.64. The van der Waals surface area contributed by atoms with Crippen molar-refractivity contribution >= 4 is 45.2 Å². The van der Waals surface area contributed by atoms with Crippen molar-refractivity contribution in [1.82, 2.24) is 0 Å². The van der Waals surface area contributed by atoms with E-state index in [1.165, 1.54) is 0 Å². The molecule has 6 nitrogen and oxygen atoms in total. The van der Waals surface area contributed by atoms with Crippen LogP contribution in [-0.2, 0) is 0 Å². The second-order valence-electron chi connectivity index (χ2n) is 4.80. The molecule has 0 aromatic heterocycles. The summed E-state index contributed by atoms with van der Waals surface area (Å²) in [5.74, 6) is 0. The van der Waals surface area contributed by atoms with Crippen LogP contribution in [0, 0.1) is 25.6 Å². The monoisotopic (exact) mass is 470 g/mol. The van der Waals surface area contributed by atoms with E-state index in [9.17, 15) is 20.2 Å². The topological polar surface area (TPSA) is 86.3 Å². The molecule has 0 rings (SSSR count). The lowest BCUT2D eigenvalue weighted by Gasteiger charge is -2.27. The second-order valence-corrected chi connectivity index (χ2v) is 8.32. The van der Waals surface area contributed by atoms with E-state index in [0.29, 0.717) is 12.8 Å². The van der Waals surface area contributed by atoms with Crippen molar-refractivity contribution in [3.63, 3.8) is 0 Å². The third-order valence-corrected chi connectivity index (χ3v) is 3.91. The van der Waals surface area contributed by atoms with E-state index in [1.54, 1.807) is 0 Å². The van der Waals surface area contributed by atoms with Crippen molar-refractivity contribution < 1.29 is 9.85 Å². The van der Waals surface area contributed by atoms with Crippen molar-refractivity contribution in [3.05, 3.63) is 20.2 Å². The Balaban J connectivity index is 4.18. The Morgan fingerprint density at radius 2 is 1.29 bits per heavy atom. The van der Waals surface area contributed by atoms with Gasteiger partial charge < -0.3 is 0 Å². The van der Waals surface area contributed by atoms with Crippen LogP contribution in [0.4, 0.5) is 0 Å². The first-order valence-electron chi connectivity index (χ1n) is 5.14. The van der Waals surface area contributed by atoms with Gasteiger partial charge in [0.2, 0.25) is 13.1 Å². The van der Waals surface area contributed by atoms with Crippen LogP contribution in [-0.4, -0.2) is 30.8 Å². The highest BCUT2D eigenvalue weighted by Crippen LogP contribution is 2.33. The summed E-state index contributed by atoms with van der Waals surface area (Å²) in [6.45, 7) is 3.91. The zero-order chi connectivity index (χ0) is 13.6. The molecule has 0 bridgehead atoms. The van der Waals surface area contributed by atoms with Gasteiger partial charge in [0.15, 0.2) is 0 Å². The predicted molar refractivity (Wildman–Crippen MR) is 82.4 cm³/mol. The molecule has 0 aromatic rings. The number of hydrogen-bond donors (Lipinski definition) is 0. The fraction of sp³-hybridized carbons (Fsp3) is 1.00. The molecule has 0 N–H and O–H groups in total. The summed E-state index contributed by atoms with van der Waals surface area (Å²) >= 11 is 4.15. The Labute approximate surface area is 127 Å². The van der Waals surface area contributed by atoms with Gasteiger partial charge in [-0.2, -0.15) is 0 Å². The number of halogens is 2. The molecule has 17 heavy (non-hydrogen) atoms. The van der Waals surface area contributed by atoms with E-state index in [1.807, 2.05) is 13.8 Å². The molecule has 0 aromatic carbocycles. The molecule has 0 fully saturated rings. The predicted octanol–water partition coefficient (Wildman–Crippen LogP) is 2.95. The Kier molecular flexibility index (Phi) is 7.76. The average molecular weight is 470 g/mol. The van der Waals surface area contributed by atoms with E-state index < -0.39 is 0 Å². The van der Waals surface area contributed by atoms with Crippen LogP contribution in [0.2, 0.25) is 0 Å². The van der Waals surface area contributed by atoms with Crippen molar-refractivity contribution in [2.45, 2.75) is 34.5 Å². The third-order valence-electron chi connectivity index (χ3n) is 2.24. The highest BCUT2D eigenvalue weighted by molar-refractivity contribution is 14.1. The summed E-state index contributed by atoms with van der Waals surface area (Å²) in [7, 11) is 0. The summed E-state index contributed by atoms with van der Waals surface area (Å²) in [4.78, 5) is 20.1. The van der Waals surface area contributed by atoms with Crippen LogP contribution in [0.3, 0.4) is 0 Å². The zero-order valence-electron chi connectivity index (χ0n) is 9.77. The summed E-state index contributed by atoms with van der Waals surface area (Å²) in [5.41, 5.74) is -0.107. The normalized spacial score (nSPS) is 15.3. The van der Waals surface area contributed by atoms with Gasteiger partial charge in [0, 0.05) is 9.85 Å². The van der Waals surface area contributed by atoms with Crippen molar-refractivity contribution in [1.29, 1.82) is 0 Å². The molecule has 0 spiro atoms. The lowest BCUT2D eigenvalue weighted by atomic mass is 9.83. The average Bonchev–Trinajstić information content (AvgIpc) is 1.95. The Hall–Kier alpha value is 0.260. The molecule has 2 unspecified atom stereocenters. The van der Waals surface area contributed by atoms with Crippen LogP contribution in [0.1, 0.15) is 26.7 Å². The van der Waals surface area contributed by atoms with E-state index in [4.69, 9.17) is 0 Å². The molecule has 2 atom stereocenters. The van der Waals surface area contributed by atoms with Crippen molar-refractivity contribution in [2.75, 3.05) is 13.1 Å². The molecular formula is C9H16I2N2O4. The Morgan fingerprint density at radius 1 is 1.00 bits per heavy atom. The molecule has 0 aliphatic rings. The Morgan fingerprint density at radius 3 is 1.53 bits per heavy atom. The first kappa shape index (κ1) is 17.3. The summed E-state index contributed by atoms with van der Waals surface area (Å²) < 4.78 is -0.0615. The highest BCUT2D eigenvalue weighted by atomic mass is 127. The molecule has 0 saturated heterocycles. The molecule has 0 heterocycles. The van der Waals surface area contributed by atoms with Crippen molar-refractivity contribution in [2.24, 2.45) is 5.41 Å². The molecule has 0 saturated carbocycles. The number of hydrogen-bond acceptors (Lipinski definition) is 4. The summed E-state index contributed by atoms with van der Waals surface area (Å²) in [6.07, 6.45) is 1.40. The van der Waals surface area contributed by atoms with Gasteiger partial charge in [-0.3, -0.25) is 20.2 Å². The Bertz CT molecular complexity index is 260. The number of alkyl halides is 2. The van der Waals surface area contributed by atoms with E-state index >= 15 is 0 Å². The fourth-order valence-corrected chi connectivity index (χ4v) is 4.76. The first-order valence-corrected chi connectivity index (χ1v) is 7.63. The standard InChI is InChI=1S/C9H16I2N2O4/c1-9(2,3-7(10)5-12(14)15)4-8(11)6-13(16)17/h7-8H,3-6H2,1-2H3. The van der Waals surface area contributed by atoms with Crippen LogP contribution in [0.5, 0.6) is 0 Å². The smallest absolute Gasteiger partial charge is 0.215 e. The minimum absolute atomic E-state index is 0.0307. The molecule has 0 aliphatic carbocycles. The van der Waals surface area contributed by atoms with Gasteiger partial charge in [-0.15, -0.1) is 0 Å². The maximum absolute atomic E-state index is 10.4. The van der Waals surface area contributed by atoms with Crippen LogP contribution in [0.15, 0.2) is 0 Å². The van der Waals surface area contributed by atoms with Gasteiger partial charge in [-0.1, -0.05) is 59.0 Å². The molecule has 100 valence electrons. The highest BCUT2D eigenvalue weighted by Gasteiger charge is 2.28. The van der Waals surface area contributed by atoms with Gasteiger partial charge in [-0.05, 0) is 18.3 Å². The quantitative estimate of drug-likeness (QED) is 0.237. The van der Waals surface area contributed by atoms with E-state index in [0.717, 1.165) is 0 Å². The number of rotatable bonds is 8. The van der Waals surface area contributed by atoms with Crippen LogP contribution < -0.4 is 0 Å². The third kappa shape index (κ3) is 9.92. The summed E-state index contributed by atoms with van der Waals surface area (Å²) in [5, 5.41) is 20.7. The largest absolute Gasteiger partial charge is 0.265 e.